The standard InChI is InChI=1S/C14H17N3O3S/c1-10-16-17-14(21-10)15-13(18)4-3-9-20-12-7-5-11(19-2)6-8-12/h5-8H,3-4,9H2,1-2H3,(H,15,17,18). The second-order valence-electron chi connectivity index (χ2n) is 4.30. The summed E-state index contributed by atoms with van der Waals surface area (Å²) in [6, 6.07) is 7.34. The summed E-state index contributed by atoms with van der Waals surface area (Å²) >= 11 is 1.36. The van der Waals surface area contributed by atoms with Gasteiger partial charge in [-0.25, -0.2) is 0 Å². The number of anilines is 1. The fraction of sp³-hybridized carbons (Fsp3) is 0.357. The fourth-order valence-electron chi connectivity index (χ4n) is 1.62. The van der Waals surface area contributed by atoms with Crippen LogP contribution in [0.1, 0.15) is 17.8 Å². The zero-order valence-electron chi connectivity index (χ0n) is 12.0. The van der Waals surface area contributed by atoms with Crippen LogP contribution in [0.4, 0.5) is 5.13 Å². The highest BCUT2D eigenvalue weighted by Gasteiger charge is 2.06. The van der Waals surface area contributed by atoms with E-state index in [0.29, 0.717) is 24.6 Å². The molecule has 21 heavy (non-hydrogen) atoms. The van der Waals surface area contributed by atoms with E-state index in [1.54, 1.807) is 7.11 Å². The van der Waals surface area contributed by atoms with E-state index in [0.717, 1.165) is 16.5 Å². The number of aromatic nitrogens is 2. The number of benzene rings is 1. The molecule has 0 aliphatic rings. The Bertz CT molecular complexity index is 583. The second kappa shape index (κ2) is 7.58. The third-order valence-corrected chi connectivity index (χ3v) is 3.40. The number of ether oxygens (including phenoxy) is 2. The van der Waals surface area contributed by atoms with Crippen LogP contribution in [-0.4, -0.2) is 29.8 Å². The first-order valence-corrected chi connectivity index (χ1v) is 7.36. The Balaban J connectivity index is 1.65. The van der Waals surface area contributed by atoms with E-state index in [4.69, 9.17) is 9.47 Å². The topological polar surface area (TPSA) is 73.3 Å². The third-order valence-electron chi connectivity index (χ3n) is 2.65. The number of nitrogens with zero attached hydrogens (tertiary/aromatic N) is 2. The number of carbonyl (C=O) groups excluding carboxylic acids is 1. The highest BCUT2D eigenvalue weighted by atomic mass is 32.1. The first-order chi connectivity index (χ1) is 10.2. The average Bonchev–Trinajstić information content (AvgIpc) is 2.89. The van der Waals surface area contributed by atoms with Crippen LogP contribution in [0.25, 0.3) is 0 Å². The minimum atomic E-state index is -0.0792. The number of hydrogen-bond donors (Lipinski definition) is 1. The second-order valence-corrected chi connectivity index (χ2v) is 5.48. The van der Waals surface area contributed by atoms with Gasteiger partial charge in [0.2, 0.25) is 11.0 Å². The van der Waals surface area contributed by atoms with Gasteiger partial charge >= 0.3 is 0 Å². The summed E-state index contributed by atoms with van der Waals surface area (Å²) in [6.07, 6.45) is 1.02. The number of aryl methyl sites for hydroxylation is 1. The van der Waals surface area contributed by atoms with Gasteiger partial charge in [-0.2, -0.15) is 0 Å². The lowest BCUT2D eigenvalue weighted by Gasteiger charge is -2.06. The van der Waals surface area contributed by atoms with E-state index in [2.05, 4.69) is 15.5 Å². The summed E-state index contributed by atoms with van der Waals surface area (Å²) in [4.78, 5) is 11.7. The van der Waals surface area contributed by atoms with E-state index in [1.807, 2.05) is 31.2 Å². The molecule has 0 fully saturated rings. The predicted molar refractivity (Wildman–Crippen MR) is 81.0 cm³/mol. The molecule has 0 aliphatic carbocycles. The van der Waals surface area contributed by atoms with Crippen molar-refractivity contribution in [3.8, 4) is 11.5 Å². The van der Waals surface area contributed by atoms with Crippen molar-refractivity contribution in [2.45, 2.75) is 19.8 Å². The zero-order valence-corrected chi connectivity index (χ0v) is 12.8. The third kappa shape index (κ3) is 5.03. The molecule has 1 amide bonds. The molecule has 0 unspecified atom stereocenters. The fourth-order valence-corrected chi connectivity index (χ4v) is 2.23. The first-order valence-electron chi connectivity index (χ1n) is 6.54. The van der Waals surface area contributed by atoms with Crippen LogP contribution >= 0.6 is 11.3 Å². The van der Waals surface area contributed by atoms with Crippen molar-refractivity contribution in [3.63, 3.8) is 0 Å². The van der Waals surface area contributed by atoms with E-state index < -0.39 is 0 Å². The van der Waals surface area contributed by atoms with E-state index in [9.17, 15) is 4.79 Å². The van der Waals surface area contributed by atoms with Crippen molar-refractivity contribution in [1.82, 2.24) is 10.2 Å². The molecule has 0 spiro atoms. The van der Waals surface area contributed by atoms with Gasteiger partial charge in [0, 0.05) is 6.42 Å². The molecule has 1 N–H and O–H groups in total. The van der Waals surface area contributed by atoms with Crippen LogP contribution in [0.2, 0.25) is 0 Å². The monoisotopic (exact) mass is 307 g/mol. The number of methoxy groups -OCH3 is 1. The molecule has 7 heteroatoms. The maximum Gasteiger partial charge on any atom is 0.226 e. The van der Waals surface area contributed by atoms with Gasteiger partial charge in [-0.3, -0.25) is 4.79 Å². The maximum absolute atomic E-state index is 11.7. The van der Waals surface area contributed by atoms with E-state index in [-0.39, 0.29) is 5.91 Å². The van der Waals surface area contributed by atoms with Crippen LogP contribution in [-0.2, 0) is 4.79 Å². The molecule has 1 aromatic heterocycles. The molecular weight excluding hydrogens is 290 g/mol. The first kappa shape index (κ1) is 15.2. The van der Waals surface area contributed by atoms with Gasteiger partial charge in [0.25, 0.3) is 0 Å². The van der Waals surface area contributed by atoms with Crippen molar-refractivity contribution in [2.75, 3.05) is 19.0 Å². The zero-order chi connectivity index (χ0) is 15.1. The minimum absolute atomic E-state index is 0.0792. The summed E-state index contributed by atoms with van der Waals surface area (Å²) in [5, 5.41) is 11.8. The molecule has 0 radical (unpaired) electrons. The summed E-state index contributed by atoms with van der Waals surface area (Å²) in [5.74, 6) is 1.47. The molecule has 0 saturated carbocycles. The molecule has 2 aromatic rings. The normalized spacial score (nSPS) is 10.2. The Kier molecular flexibility index (Phi) is 5.51. The largest absolute Gasteiger partial charge is 0.497 e. The number of hydrogen-bond acceptors (Lipinski definition) is 6. The van der Waals surface area contributed by atoms with Crippen molar-refractivity contribution in [1.29, 1.82) is 0 Å². The van der Waals surface area contributed by atoms with Crippen LogP contribution < -0.4 is 14.8 Å². The van der Waals surface area contributed by atoms with Crippen molar-refractivity contribution in [2.24, 2.45) is 0 Å². The Morgan fingerprint density at radius 1 is 1.24 bits per heavy atom. The van der Waals surface area contributed by atoms with Crippen molar-refractivity contribution in [3.05, 3.63) is 29.3 Å². The van der Waals surface area contributed by atoms with Crippen LogP contribution in [0.3, 0.4) is 0 Å². The highest BCUT2D eigenvalue weighted by molar-refractivity contribution is 7.15. The summed E-state index contributed by atoms with van der Waals surface area (Å²) in [7, 11) is 1.62. The van der Waals surface area contributed by atoms with Crippen molar-refractivity contribution < 1.29 is 14.3 Å². The number of rotatable bonds is 7. The lowest BCUT2D eigenvalue weighted by molar-refractivity contribution is -0.116. The molecule has 1 heterocycles. The van der Waals surface area contributed by atoms with Gasteiger partial charge in [0.1, 0.15) is 16.5 Å². The molecule has 0 atom stereocenters. The molecule has 6 nitrogen and oxygen atoms in total. The molecule has 0 saturated heterocycles. The smallest absolute Gasteiger partial charge is 0.226 e. The van der Waals surface area contributed by atoms with Gasteiger partial charge in [0.15, 0.2) is 0 Å². The molecular formula is C14H17N3O3S. The van der Waals surface area contributed by atoms with Crippen LogP contribution in [0.15, 0.2) is 24.3 Å². The average molecular weight is 307 g/mol. The molecule has 2 rings (SSSR count). The van der Waals surface area contributed by atoms with Gasteiger partial charge < -0.3 is 14.8 Å². The molecule has 0 bridgehead atoms. The number of carbonyl (C=O) groups is 1. The van der Waals surface area contributed by atoms with Gasteiger partial charge in [0.05, 0.1) is 13.7 Å². The number of amides is 1. The molecule has 112 valence electrons. The molecule has 0 aliphatic heterocycles. The van der Waals surface area contributed by atoms with Gasteiger partial charge in [-0.05, 0) is 37.6 Å². The summed E-state index contributed by atoms with van der Waals surface area (Å²) in [5.41, 5.74) is 0. The van der Waals surface area contributed by atoms with Crippen molar-refractivity contribution >= 4 is 22.4 Å². The quantitative estimate of drug-likeness (QED) is 0.796. The molecule has 1 aromatic carbocycles. The lowest BCUT2D eigenvalue weighted by Crippen LogP contribution is -2.12. The lowest BCUT2D eigenvalue weighted by atomic mass is 10.3. The summed E-state index contributed by atoms with van der Waals surface area (Å²) in [6.45, 7) is 2.32. The Hall–Kier alpha value is -2.15. The van der Waals surface area contributed by atoms with E-state index >= 15 is 0 Å². The minimum Gasteiger partial charge on any atom is -0.497 e. The Morgan fingerprint density at radius 3 is 2.57 bits per heavy atom. The summed E-state index contributed by atoms with van der Waals surface area (Å²) < 4.78 is 10.6. The Labute approximate surface area is 127 Å². The van der Waals surface area contributed by atoms with Gasteiger partial charge in [-0.15, -0.1) is 10.2 Å². The number of nitrogens with one attached hydrogen (secondary N) is 1. The maximum atomic E-state index is 11.7. The van der Waals surface area contributed by atoms with E-state index in [1.165, 1.54) is 11.3 Å². The SMILES string of the molecule is COc1ccc(OCCCC(=O)Nc2nnc(C)s2)cc1. The van der Waals surface area contributed by atoms with Crippen LogP contribution in [0.5, 0.6) is 11.5 Å². The van der Waals surface area contributed by atoms with Gasteiger partial charge in [-0.1, -0.05) is 11.3 Å². The Morgan fingerprint density at radius 2 is 1.95 bits per heavy atom. The highest BCUT2D eigenvalue weighted by Crippen LogP contribution is 2.17. The predicted octanol–water partition coefficient (Wildman–Crippen LogP) is 2.65. The van der Waals surface area contributed by atoms with Crippen LogP contribution in [0, 0.1) is 6.92 Å².